The SMILES string of the molecule is CCCNc1ncnc(NCc2cccc(OC)c2)c1C. The summed E-state index contributed by atoms with van der Waals surface area (Å²) in [6.45, 7) is 5.76. The van der Waals surface area contributed by atoms with Crippen LogP contribution in [0.4, 0.5) is 11.6 Å². The van der Waals surface area contributed by atoms with Crippen LogP contribution in [-0.4, -0.2) is 23.6 Å². The molecule has 1 aromatic heterocycles. The van der Waals surface area contributed by atoms with E-state index in [0.29, 0.717) is 6.54 Å². The van der Waals surface area contributed by atoms with Crippen molar-refractivity contribution >= 4 is 11.6 Å². The second-order valence-corrected chi connectivity index (χ2v) is 4.83. The normalized spacial score (nSPS) is 10.2. The molecule has 2 rings (SSSR count). The zero-order valence-corrected chi connectivity index (χ0v) is 12.8. The van der Waals surface area contributed by atoms with E-state index in [1.807, 2.05) is 25.1 Å². The molecule has 21 heavy (non-hydrogen) atoms. The number of aromatic nitrogens is 2. The average molecular weight is 286 g/mol. The van der Waals surface area contributed by atoms with Crippen LogP contribution >= 0.6 is 0 Å². The van der Waals surface area contributed by atoms with Gasteiger partial charge in [-0.2, -0.15) is 0 Å². The van der Waals surface area contributed by atoms with Crippen molar-refractivity contribution in [1.82, 2.24) is 9.97 Å². The summed E-state index contributed by atoms with van der Waals surface area (Å²) in [4.78, 5) is 8.59. The van der Waals surface area contributed by atoms with Crippen LogP contribution in [0.3, 0.4) is 0 Å². The van der Waals surface area contributed by atoms with Crippen molar-refractivity contribution in [1.29, 1.82) is 0 Å². The number of benzene rings is 1. The van der Waals surface area contributed by atoms with Crippen LogP contribution in [0.1, 0.15) is 24.5 Å². The number of anilines is 2. The summed E-state index contributed by atoms with van der Waals surface area (Å²) in [6, 6.07) is 7.99. The highest BCUT2D eigenvalue weighted by Gasteiger charge is 2.06. The van der Waals surface area contributed by atoms with E-state index in [0.717, 1.165) is 41.5 Å². The van der Waals surface area contributed by atoms with Crippen molar-refractivity contribution in [3.8, 4) is 5.75 Å². The molecular formula is C16H22N4O. The first-order chi connectivity index (χ1) is 10.2. The van der Waals surface area contributed by atoms with Crippen molar-refractivity contribution in [3.63, 3.8) is 0 Å². The van der Waals surface area contributed by atoms with Gasteiger partial charge in [-0.3, -0.25) is 0 Å². The van der Waals surface area contributed by atoms with Crippen LogP contribution in [0.15, 0.2) is 30.6 Å². The number of nitrogens with zero attached hydrogens (tertiary/aromatic N) is 2. The van der Waals surface area contributed by atoms with E-state index in [1.165, 1.54) is 0 Å². The summed E-state index contributed by atoms with van der Waals surface area (Å²) in [7, 11) is 1.67. The Morgan fingerprint density at radius 2 is 1.90 bits per heavy atom. The molecule has 112 valence electrons. The monoisotopic (exact) mass is 286 g/mol. The highest BCUT2D eigenvalue weighted by atomic mass is 16.5. The topological polar surface area (TPSA) is 59.1 Å². The summed E-state index contributed by atoms with van der Waals surface area (Å²) < 4.78 is 5.23. The summed E-state index contributed by atoms with van der Waals surface area (Å²) in [5, 5.41) is 6.66. The fraction of sp³-hybridized carbons (Fsp3) is 0.375. The summed E-state index contributed by atoms with van der Waals surface area (Å²) >= 11 is 0. The van der Waals surface area contributed by atoms with Gasteiger partial charge in [0.05, 0.1) is 7.11 Å². The van der Waals surface area contributed by atoms with Crippen molar-refractivity contribution in [2.45, 2.75) is 26.8 Å². The van der Waals surface area contributed by atoms with E-state index in [4.69, 9.17) is 4.74 Å². The van der Waals surface area contributed by atoms with Crippen molar-refractivity contribution in [2.75, 3.05) is 24.3 Å². The van der Waals surface area contributed by atoms with E-state index in [-0.39, 0.29) is 0 Å². The van der Waals surface area contributed by atoms with Gasteiger partial charge in [-0.15, -0.1) is 0 Å². The second kappa shape index (κ2) is 7.47. The lowest BCUT2D eigenvalue weighted by atomic mass is 10.2. The predicted molar refractivity (Wildman–Crippen MR) is 85.9 cm³/mol. The third-order valence-electron chi connectivity index (χ3n) is 3.22. The first-order valence-electron chi connectivity index (χ1n) is 7.17. The maximum Gasteiger partial charge on any atom is 0.134 e. The standard InChI is InChI=1S/C16H22N4O/c1-4-8-17-15-12(2)16(20-11-19-15)18-10-13-6-5-7-14(9-13)21-3/h5-7,9,11H,4,8,10H2,1-3H3,(H2,17,18,19,20). The van der Waals surface area contributed by atoms with Crippen LogP contribution in [0.25, 0.3) is 0 Å². The minimum atomic E-state index is 0.697. The molecular weight excluding hydrogens is 264 g/mol. The molecule has 1 aromatic carbocycles. The second-order valence-electron chi connectivity index (χ2n) is 4.83. The first kappa shape index (κ1) is 15.1. The van der Waals surface area contributed by atoms with Crippen LogP contribution in [-0.2, 0) is 6.54 Å². The molecule has 0 aliphatic carbocycles. The molecule has 5 nitrogen and oxygen atoms in total. The molecule has 0 saturated heterocycles. The molecule has 5 heteroatoms. The molecule has 0 saturated carbocycles. The van der Waals surface area contributed by atoms with Crippen molar-refractivity contribution in [2.24, 2.45) is 0 Å². The molecule has 0 unspecified atom stereocenters. The Kier molecular flexibility index (Phi) is 5.37. The summed E-state index contributed by atoms with van der Waals surface area (Å²) in [6.07, 6.45) is 2.65. The zero-order chi connectivity index (χ0) is 15.1. The molecule has 0 spiro atoms. The molecule has 0 aliphatic heterocycles. The molecule has 1 heterocycles. The lowest BCUT2D eigenvalue weighted by Gasteiger charge is -2.12. The largest absolute Gasteiger partial charge is 0.497 e. The van der Waals surface area contributed by atoms with Crippen LogP contribution < -0.4 is 15.4 Å². The first-order valence-corrected chi connectivity index (χ1v) is 7.17. The van der Waals surface area contributed by atoms with Crippen molar-refractivity contribution in [3.05, 3.63) is 41.7 Å². The summed E-state index contributed by atoms with van der Waals surface area (Å²) in [5.74, 6) is 2.60. The lowest BCUT2D eigenvalue weighted by Crippen LogP contribution is -2.09. The fourth-order valence-electron chi connectivity index (χ4n) is 2.02. The minimum absolute atomic E-state index is 0.697. The molecule has 2 aromatic rings. The Morgan fingerprint density at radius 1 is 1.14 bits per heavy atom. The third-order valence-corrected chi connectivity index (χ3v) is 3.22. The van der Waals surface area contributed by atoms with Crippen LogP contribution in [0, 0.1) is 6.92 Å². The maximum atomic E-state index is 5.23. The number of methoxy groups -OCH3 is 1. The molecule has 0 amide bonds. The van der Waals surface area contributed by atoms with Gasteiger partial charge in [0, 0.05) is 18.7 Å². The highest BCUT2D eigenvalue weighted by Crippen LogP contribution is 2.19. The maximum absolute atomic E-state index is 5.23. The Labute approximate surface area is 125 Å². The number of hydrogen-bond acceptors (Lipinski definition) is 5. The Hall–Kier alpha value is -2.30. The Balaban J connectivity index is 2.05. The molecule has 0 fully saturated rings. The van der Waals surface area contributed by atoms with Gasteiger partial charge < -0.3 is 15.4 Å². The van der Waals surface area contributed by atoms with Gasteiger partial charge in [0.1, 0.15) is 23.7 Å². The number of ether oxygens (including phenoxy) is 1. The molecule has 0 atom stereocenters. The Morgan fingerprint density at radius 3 is 2.62 bits per heavy atom. The van der Waals surface area contributed by atoms with E-state index in [1.54, 1.807) is 13.4 Å². The van der Waals surface area contributed by atoms with E-state index in [9.17, 15) is 0 Å². The predicted octanol–water partition coefficient (Wildman–Crippen LogP) is 3.23. The zero-order valence-electron chi connectivity index (χ0n) is 12.8. The lowest BCUT2D eigenvalue weighted by molar-refractivity contribution is 0.414. The number of rotatable bonds is 7. The molecule has 0 bridgehead atoms. The molecule has 0 radical (unpaired) electrons. The minimum Gasteiger partial charge on any atom is -0.497 e. The third kappa shape index (κ3) is 4.08. The number of hydrogen-bond donors (Lipinski definition) is 2. The number of nitrogens with one attached hydrogen (secondary N) is 2. The van der Waals surface area contributed by atoms with Gasteiger partial charge in [0.25, 0.3) is 0 Å². The van der Waals surface area contributed by atoms with E-state index < -0.39 is 0 Å². The van der Waals surface area contributed by atoms with Gasteiger partial charge in [0.2, 0.25) is 0 Å². The average Bonchev–Trinajstić information content (AvgIpc) is 2.53. The summed E-state index contributed by atoms with van der Waals surface area (Å²) in [5.41, 5.74) is 2.18. The van der Waals surface area contributed by atoms with E-state index in [2.05, 4.69) is 33.6 Å². The Bertz CT molecular complexity index is 586. The van der Waals surface area contributed by atoms with Gasteiger partial charge >= 0.3 is 0 Å². The smallest absolute Gasteiger partial charge is 0.134 e. The van der Waals surface area contributed by atoms with Gasteiger partial charge in [-0.05, 0) is 31.0 Å². The van der Waals surface area contributed by atoms with E-state index >= 15 is 0 Å². The molecule has 0 aliphatic rings. The van der Waals surface area contributed by atoms with Crippen molar-refractivity contribution < 1.29 is 4.74 Å². The van der Waals surface area contributed by atoms with Crippen LogP contribution in [0.2, 0.25) is 0 Å². The van der Waals surface area contributed by atoms with Crippen LogP contribution in [0.5, 0.6) is 5.75 Å². The molecule has 2 N–H and O–H groups in total. The van der Waals surface area contributed by atoms with Gasteiger partial charge in [-0.25, -0.2) is 9.97 Å². The van der Waals surface area contributed by atoms with Gasteiger partial charge in [0.15, 0.2) is 0 Å². The quantitative estimate of drug-likeness (QED) is 0.818. The van der Waals surface area contributed by atoms with Gasteiger partial charge in [-0.1, -0.05) is 19.1 Å². The fourth-order valence-corrected chi connectivity index (χ4v) is 2.02. The highest BCUT2D eigenvalue weighted by molar-refractivity contribution is 5.56.